The first-order valence-electron chi connectivity index (χ1n) is 12.8. The van der Waals surface area contributed by atoms with Gasteiger partial charge in [0.05, 0.1) is 53.7 Å². The predicted molar refractivity (Wildman–Crippen MR) is 157 cm³/mol. The number of ether oxygens (including phenoxy) is 3. The topological polar surface area (TPSA) is 142 Å². The van der Waals surface area contributed by atoms with Gasteiger partial charge in [0.25, 0.3) is 5.91 Å². The van der Waals surface area contributed by atoms with E-state index in [1.807, 2.05) is 0 Å². The number of fused-ring (bicyclic) bond motifs is 2. The highest BCUT2D eigenvalue weighted by Crippen LogP contribution is 2.38. The molecule has 0 spiro atoms. The normalized spacial score (nSPS) is 13.0. The van der Waals surface area contributed by atoms with Crippen LogP contribution in [0.5, 0.6) is 0 Å². The zero-order valence-corrected chi connectivity index (χ0v) is 25.2. The molecule has 1 aromatic carbocycles. The van der Waals surface area contributed by atoms with Gasteiger partial charge in [0.1, 0.15) is 11.5 Å². The molecule has 2 aromatic heterocycles. The Balaban J connectivity index is 1.46. The monoisotopic (exact) mass is 619 g/mol. The average molecular weight is 620 g/mol. The lowest BCUT2D eigenvalue weighted by Gasteiger charge is -2.12. The van der Waals surface area contributed by atoms with Crippen LogP contribution in [-0.2, 0) is 48.0 Å². The lowest BCUT2D eigenvalue weighted by molar-refractivity contribution is -0.141. The largest absolute Gasteiger partial charge is 0.468 e. The summed E-state index contributed by atoms with van der Waals surface area (Å²) in [6, 6.07) is 4.82. The summed E-state index contributed by atoms with van der Waals surface area (Å²) in [4.78, 5) is 67.6. The first-order valence-corrected chi connectivity index (χ1v) is 15.6. The van der Waals surface area contributed by atoms with E-state index in [0.29, 0.717) is 26.3 Å². The first kappa shape index (κ1) is 30.5. The van der Waals surface area contributed by atoms with Crippen molar-refractivity contribution in [2.24, 2.45) is 4.99 Å². The van der Waals surface area contributed by atoms with Gasteiger partial charge in [-0.3, -0.25) is 14.4 Å². The number of benzene rings is 1. The van der Waals surface area contributed by atoms with Gasteiger partial charge >= 0.3 is 17.9 Å². The number of thioether (sulfide) groups is 1. The van der Waals surface area contributed by atoms with Gasteiger partial charge in [-0.1, -0.05) is 11.3 Å². The number of hydrogen-bond acceptors (Lipinski definition) is 11. The second kappa shape index (κ2) is 13.9. The van der Waals surface area contributed by atoms with Crippen molar-refractivity contribution in [3.63, 3.8) is 0 Å². The minimum Gasteiger partial charge on any atom is -0.468 e. The van der Waals surface area contributed by atoms with E-state index in [-0.39, 0.29) is 35.4 Å². The molecule has 11 nitrogen and oxygen atoms in total. The summed E-state index contributed by atoms with van der Waals surface area (Å²) in [5, 5.41) is 3.31. The molecule has 41 heavy (non-hydrogen) atoms. The third-order valence-corrected chi connectivity index (χ3v) is 9.37. The number of thiophene rings is 1. The highest BCUT2D eigenvalue weighted by Gasteiger charge is 2.27. The summed E-state index contributed by atoms with van der Waals surface area (Å²) in [5.41, 5.74) is 2.32. The minimum atomic E-state index is -0.529. The fraction of sp³-hybridized carbons (Fsp3) is 0.407. The smallest absolute Gasteiger partial charge is 0.341 e. The van der Waals surface area contributed by atoms with Crippen LogP contribution >= 0.6 is 34.4 Å². The fourth-order valence-corrected chi connectivity index (χ4v) is 7.33. The first-order chi connectivity index (χ1) is 19.7. The molecule has 14 heteroatoms. The molecular weight excluding hydrogens is 591 g/mol. The Kier molecular flexibility index (Phi) is 10.3. The number of amides is 2. The van der Waals surface area contributed by atoms with Crippen molar-refractivity contribution in [3.8, 4) is 0 Å². The number of methoxy groups -OCH3 is 2. The second-order valence-corrected chi connectivity index (χ2v) is 12.0. The number of aryl methyl sites for hydroxylation is 1. The molecule has 1 aliphatic rings. The number of esters is 3. The van der Waals surface area contributed by atoms with Gasteiger partial charge in [-0.05, 0) is 56.4 Å². The Hall–Kier alpha value is -3.49. The van der Waals surface area contributed by atoms with Gasteiger partial charge in [0, 0.05) is 4.88 Å². The molecule has 1 aliphatic carbocycles. The second-order valence-electron chi connectivity index (χ2n) is 8.90. The van der Waals surface area contributed by atoms with E-state index < -0.39 is 23.8 Å². The number of carbonyl (C=O) groups excluding carboxylic acids is 5. The van der Waals surface area contributed by atoms with Crippen LogP contribution in [0.4, 0.5) is 5.00 Å². The van der Waals surface area contributed by atoms with Gasteiger partial charge in [-0.15, -0.1) is 23.1 Å². The van der Waals surface area contributed by atoms with E-state index in [2.05, 4.69) is 10.3 Å². The van der Waals surface area contributed by atoms with Crippen molar-refractivity contribution in [2.75, 3.05) is 37.6 Å². The fourth-order valence-electron chi connectivity index (χ4n) is 4.36. The molecule has 0 atom stereocenters. The highest BCUT2D eigenvalue weighted by atomic mass is 32.2. The Labute approximate surface area is 247 Å². The highest BCUT2D eigenvalue weighted by molar-refractivity contribution is 8.00. The summed E-state index contributed by atoms with van der Waals surface area (Å²) in [7, 11) is 2.54. The Morgan fingerprint density at radius 3 is 2.54 bits per heavy atom. The van der Waals surface area contributed by atoms with Crippen LogP contribution in [0.25, 0.3) is 10.2 Å². The van der Waals surface area contributed by atoms with E-state index in [1.54, 1.807) is 25.1 Å². The van der Waals surface area contributed by atoms with Crippen molar-refractivity contribution in [1.82, 2.24) is 4.57 Å². The number of hydrogen-bond donors (Lipinski definition) is 1. The number of carbonyl (C=O) groups is 5. The molecule has 4 rings (SSSR count). The standard InChI is InChI=1S/C27H29N3O8S3/c1-4-38-26(35)23-16-7-5-6-8-18(16)40-24(23)28-20(31)13-39-14-21(32)29-27-30(12-22(33)36-2)17-10-9-15(25(34)37-3)11-19(17)41-27/h9-11H,4-8,12-14H2,1-3H3,(H,28,31). The Bertz CT molecular complexity index is 1570. The van der Waals surface area contributed by atoms with Crippen molar-refractivity contribution < 1.29 is 38.2 Å². The molecule has 218 valence electrons. The van der Waals surface area contributed by atoms with Crippen molar-refractivity contribution in [1.29, 1.82) is 0 Å². The maximum absolute atomic E-state index is 12.7. The summed E-state index contributed by atoms with van der Waals surface area (Å²) < 4.78 is 17.0. The zero-order chi connectivity index (χ0) is 29.5. The maximum atomic E-state index is 12.7. The number of thiazole rings is 1. The molecule has 2 amide bonds. The number of nitrogens with zero attached hydrogens (tertiary/aromatic N) is 2. The van der Waals surface area contributed by atoms with Crippen molar-refractivity contribution >= 4 is 79.4 Å². The molecule has 0 unspecified atom stereocenters. The van der Waals surface area contributed by atoms with Crippen LogP contribution in [0.2, 0.25) is 0 Å². The summed E-state index contributed by atoms with van der Waals surface area (Å²) in [6.45, 7) is 1.80. The molecule has 0 radical (unpaired) electrons. The van der Waals surface area contributed by atoms with Crippen LogP contribution in [0.1, 0.15) is 50.9 Å². The molecule has 0 saturated heterocycles. The lowest BCUT2D eigenvalue weighted by Crippen LogP contribution is -2.23. The third kappa shape index (κ3) is 7.24. The quantitative estimate of drug-likeness (QED) is 0.266. The zero-order valence-electron chi connectivity index (χ0n) is 22.8. The van der Waals surface area contributed by atoms with Gasteiger partial charge in [0.15, 0.2) is 4.80 Å². The van der Waals surface area contributed by atoms with Crippen LogP contribution < -0.4 is 10.1 Å². The van der Waals surface area contributed by atoms with Gasteiger partial charge in [0.2, 0.25) is 5.91 Å². The lowest BCUT2D eigenvalue weighted by atomic mass is 9.95. The Morgan fingerprint density at radius 1 is 1.02 bits per heavy atom. The molecule has 0 bridgehead atoms. The summed E-state index contributed by atoms with van der Waals surface area (Å²) >= 11 is 3.63. The van der Waals surface area contributed by atoms with Crippen LogP contribution in [0.15, 0.2) is 23.2 Å². The minimum absolute atomic E-state index is 0.0246. The summed E-state index contributed by atoms with van der Waals surface area (Å²) in [6.07, 6.45) is 3.66. The van der Waals surface area contributed by atoms with Gasteiger partial charge in [-0.2, -0.15) is 4.99 Å². The molecule has 0 saturated carbocycles. The average Bonchev–Trinajstić information content (AvgIpc) is 3.49. The molecule has 3 aromatic rings. The van der Waals surface area contributed by atoms with Crippen LogP contribution in [0.3, 0.4) is 0 Å². The number of rotatable bonds is 10. The van der Waals surface area contributed by atoms with Gasteiger partial charge in [-0.25, -0.2) is 9.59 Å². The Morgan fingerprint density at radius 2 is 1.80 bits per heavy atom. The van der Waals surface area contributed by atoms with E-state index in [9.17, 15) is 24.0 Å². The summed E-state index contributed by atoms with van der Waals surface area (Å²) in [5.74, 6) is -2.43. The third-order valence-electron chi connectivity index (χ3n) is 6.20. The van der Waals surface area contributed by atoms with E-state index >= 15 is 0 Å². The van der Waals surface area contributed by atoms with Crippen LogP contribution in [0, 0.1) is 0 Å². The van der Waals surface area contributed by atoms with E-state index in [1.165, 1.54) is 30.1 Å². The van der Waals surface area contributed by atoms with Crippen molar-refractivity contribution in [2.45, 2.75) is 39.2 Å². The molecule has 2 heterocycles. The number of aromatic nitrogens is 1. The number of anilines is 1. The van der Waals surface area contributed by atoms with Crippen LogP contribution in [-0.4, -0.2) is 66.6 Å². The molecule has 1 N–H and O–H groups in total. The number of nitrogens with one attached hydrogen (secondary N) is 1. The maximum Gasteiger partial charge on any atom is 0.341 e. The van der Waals surface area contributed by atoms with E-state index in [4.69, 9.17) is 14.2 Å². The predicted octanol–water partition coefficient (Wildman–Crippen LogP) is 3.58. The molecule has 0 aliphatic heterocycles. The molecule has 0 fully saturated rings. The van der Waals surface area contributed by atoms with E-state index in [0.717, 1.165) is 59.2 Å². The SMILES string of the molecule is CCOC(=O)c1c(NC(=O)CSCC(=O)N=c2sc3cc(C(=O)OC)ccc3n2CC(=O)OC)sc2c1CCCC2. The molecular formula is C27H29N3O8S3. The van der Waals surface area contributed by atoms with Gasteiger partial charge < -0.3 is 24.1 Å². The van der Waals surface area contributed by atoms with Crippen molar-refractivity contribution in [3.05, 3.63) is 44.6 Å².